The Bertz CT molecular complexity index is 908. The molecule has 3 rings (SSSR count). The zero-order chi connectivity index (χ0) is 16.8. The number of esters is 1. The zero-order valence-corrected chi connectivity index (χ0v) is 13.1. The van der Waals surface area contributed by atoms with Crippen molar-refractivity contribution in [1.29, 1.82) is 0 Å². The molecule has 4 nitrogen and oxygen atoms in total. The number of ether oxygens (including phenoxy) is 1. The van der Waals surface area contributed by atoms with Gasteiger partial charge in [-0.3, -0.25) is 4.98 Å². The largest absolute Gasteiger partial charge is 0.464 e. The van der Waals surface area contributed by atoms with Gasteiger partial charge in [0.2, 0.25) is 0 Å². The molecular weight excluding hydrogens is 300 g/mol. The second-order valence-corrected chi connectivity index (χ2v) is 4.99. The number of rotatable bonds is 2. The monoisotopic (exact) mass is 314 g/mol. The fraction of sp³-hybridized carbons (Fsp3) is 0.0500. The summed E-state index contributed by atoms with van der Waals surface area (Å²) >= 11 is 0. The van der Waals surface area contributed by atoms with Crippen molar-refractivity contribution in [2.75, 3.05) is 7.11 Å². The molecule has 0 aliphatic carbocycles. The third kappa shape index (κ3) is 3.65. The van der Waals surface area contributed by atoms with Crippen molar-refractivity contribution in [3.8, 4) is 23.0 Å². The van der Waals surface area contributed by atoms with E-state index in [9.17, 15) is 4.79 Å². The van der Waals surface area contributed by atoms with Crippen LogP contribution in [0.5, 0.6) is 0 Å². The molecule has 2 aromatic heterocycles. The van der Waals surface area contributed by atoms with E-state index in [1.807, 2.05) is 42.5 Å². The summed E-state index contributed by atoms with van der Waals surface area (Å²) in [5, 5.41) is 0. The summed E-state index contributed by atoms with van der Waals surface area (Å²) in [4.78, 5) is 19.6. The summed E-state index contributed by atoms with van der Waals surface area (Å²) in [6.07, 6.45) is 5.04. The van der Waals surface area contributed by atoms with Crippen molar-refractivity contribution >= 4 is 5.97 Å². The van der Waals surface area contributed by atoms with Gasteiger partial charge in [0.05, 0.1) is 7.11 Å². The first kappa shape index (κ1) is 15.4. The van der Waals surface area contributed by atoms with Crippen molar-refractivity contribution in [1.82, 2.24) is 9.97 Å². The number of carbonyl (C=O) groups is 1. The normalized spacial score (nSPS) is 9.71. The first-order valence-corrected chi connectivity index (χ1v) is 7.33. The van der Waals surface area contributed by atoms with E-state index in [4.69, 9.17) is 4.74 Å². The lowest BCUT2D eigenvalue weighted by Gasteiger charge is -2.04. The van der Waals surface area contributed by atoms with E-state index < -0.39 is 5.97 Å². The van der Waals surface area contributed by atoms with Crippen molar-refractivity contribution in [3.05, 3.63) is 83.9 Å². The summed E-state index contributed by atoms with van der Waals surface area (Å²) < 4.78 is 4.70. The molecule has 0 fully saturated rings. The van der Waals surface area contributed by atoms with Crippen LogP contribution in [0.4, 0.5) is 0 Å². The van der Waals surface area contributed by atoms with E-state index in [0.717, 1.165) is 22.3 Å². The smallest absolute Gasteiger partial charge is 0.356 e. The summed E-state index contributed by atoms with van der Waals surface area (Å²) in [5.41, 5.74) is 3.95. The molecule has 0 N–H and O–H groups in total. The molecule has 0 amide bonds. The van der Waals surface area contributed by atoms with E-state index in [2.05, 4.69) is 21.8 Å². The van der Waals surface area contributed by atoms with Gasteiger partial charge in [-0.15, -0.1) is 0 Å². The summed E-state index contributed by atoms with van der Waals surface area (Å²) in [6.45, 7) is 0. The molecule has 2 heterocycles. The van der Waals surface area contributed by atoms with Crippen LogP contribution in [0.3, 0.4) is 0 Å². The van der Waals surface area contributed by atoms with E-state index in [1.54, 1.807) is 24.7 Å². The highest BCUT2D eigenvalue weighted by atomic mass is 16.5. The fourth-order valence-electron chi connectivity index (χ4n) is 2.15. The van der Waals surface area contributed by atoms with Gasteiger partial charge >= 0.3 is 5.97 Å². The van der Waals surface area contributed by atoms with Crippen LogP contribution < -0.4 is 0 Å². The fourth-order valence-corrected chi connectivity index (χ4v) is 2.15. The number of pyridine rings is 2. The summed E-state index contributed by atoms with van der Waals surface area (Å²) in [7, 11) is 1.34. The number of hydrogen-bond donors (Lipinski definition) is 0. The molecule has 0 unspecified atom stereocenters. The van der Waals surface area contributed by atoms with E-state index in [1.165, 1.54) is 7.11 Å². The highest BCUT2D eigenvalue weighted by Gasteiger charge is 2.08. The topological polar surface area (TPSA) is 52.1 Å². The van der Waals surface area contributed by atoms with Crippen molar-refractivity contribution in [2.45, 2.75) is 0 Å². The molecule has 0 aliphatic heterocycles. The van der Waals surface area contributed by atoms with Gasteiger partial charge in [0.15, 0.2) is 0 Å². The Hall–Kier alpha value is -3.45. The van der Waals surface area contributed by atoms with Gasteiger partial charge in [-0.05, 0) is 47.5 Å². The second-order valence-electron chi connectivity index (χ2n) is 4.99. The Morgan fingerprint density at radius 2 is 1.75 bits per heavy atom. The van der Waals surface area contributed by atoms with Crippen LogP contribution in [-0.2, 0) is 4.74 Å². The van der Waals surface area contributed by atoms with Crippen molar-refractivity contribution < 1.29 is 9.53 Å². The third-order valence-corrected chi connectivity index (χ3v) is 3.39. The molecule has 0 aliphatic rings. The maximum atomic E-state index is 11.6. The van der Waals surface area contributed by atoms with Crippen LogP contribution in [0.2, 0.25) is 0 Å². The van der Waals surface area contributed by atoms with Crippen LogP contribution in [-0.4, -0.2) is 23.0 Å². The van der Waals surface area contributed by atoms with Gasteiger partial charge in [-0.25, -0.2) is 9.78 Å². The first-order chi connectivity index (χ1) is 11.8. The lowest BCUT2D eigenvalue weighted by atomic mass is 10.0. The molecule has 0 saturated heterocycles. The van der Waals surface area contributed by atoms with Crippen LogP contribution in [0.1, 0.15) is 21.6 Å². The van der Waals surface area contributed by atoms with Gasteiger partial charge in [0.25, 0.3) is 0 Å². The van der Waals surface area contributed by atoms with E-state index >= 15 is 0 Å². The highest BCUT2D eigenvalue weighted by Crippen LogP contribution is 2.20. The Balaban J connectivity index is 1.83. The van der Waals surface area contributed by atoms with Gasteiger partial charge < -0.3 is 4.74 Å². The third-order valence-electron chi connectivity index (χ3n) is 3.39. The zero-order valence-electron chi connectivity index (χ0n) is 13.1. The Kier molecular flexibility index (Phi) is 4.64. The Morgan fingerprint density at radius 3 is 2.46 bits per heavy atom. The van der Waals surface area contributed by atoms with Crippen molar-refractivity contribution in [2.24, 2.45) is 0 Å². The molecule has 0 spiro atoms. The van der Waals surface area contributed by atoms with Crippen LogP contribution in [0.15, 0.2) is 67.1 Å². The molecular formula is C20H14N2O2. The average Bonchev–Trinajstić information content (AvgIpc) is 2.67. The highest BCUT2D eigenvalue weighted by molar-refractivity contribution is 5.88. The lowest BCUT2D eigenvalue weighted by Crippen LogP contribution is -2.03. The average molecular weight is 314 g/mol. The Labute approximate surface area is 140 Å². The standard InChI is InChI=1S/C20H14N2O2/c1-24-20(23)19-13-18(10-12-22-19)17-8-6-15(7-9-17)4-5-16-3-2-11-21-14-16/h2-3,6-14H,1H3. The molecule has 4 heteroatoms. The Morgan fingerprint density at radius 1 is 0.958 bits per heavy atom. The minimum absolute atomic E-state index is 0.287. The van der Waals surface area contributed by atoms with Crippen LogP contribution >= 0.6 is 0 Å². The molecule has 0 radical (unpaired) electrons. The first-order valence-electron chi connectivity index (χ1n) is 7.33. The molecule has 0 atom stereocenters. The predicted molar refractivity (Wildman–Crippen MR) is 91.2 cm³/mol. The molecule has 24 heavy (non-hydrogen) atoms. The lowest BCUT2D eigenvalue weighted by molar-refractivity contribution is 0.0594. The number of hydrogen-bond acceptors (Lipinski definition) is 4. The minimum atomic E-state index is -0.448. The summed E-state index contributed by atoms with van der Waals surface area (Å²) in [6, 6.07) is 15.1. The molecule has 3 aromatic rings. The predicted octanol–water partition coefficient (Wildman–Crippen LogP) is 3.33. The molecule has 116 valence electrons. The number of methoxy groups -OCH3 is 1. The van der Waals surface area contributed by atoms with Gasteiger partial charge in [-0.1, -0.05) is 24.0 Å². The number of aromatic nitrogens is 2. The number of benzene rings is 1. The maximum Gasteiger partial charge on any atom is 0.356 e. The maximum absolute atomic E-state index is 11.6. The quantitative estimate of drug-likeness (QED) is 0.538. The van der Waals surface area contributed by atoms with Crippen LogP contribution in [0, 0.1) is 11.8 Å². The minimum Gasteiger partial charge on any atom is -0.464 e. The number of carbonyl (C=O) groups excluding carboxylic acids is 1. The number of nitrogens with zero attached hydrogens (tertiary/aromatic N) is 2. The van der Waals surface area contributed by atoms with Gasteiger partial charge in [-0.2, -0.15) is 0 Å². The SMILES string of the molecule is COC(=O)c1cc(-c2ccc(C#Cc3cccnc3)cc2)ccn1. The van der Waals surface area contributed by atoms with Gasteiger partial charge in [0, 0.05) is 29.7 Å². The summed E-state index contributed by atoms with van der Waals surface area (Å²) in [5.74, 6) is 5.72. The molecule has 0 bridgehead atoms. The van der Waals surface area contributed by atoms with Crippen LogP contribution in [0.25, 0.3) is 11.1 Å². The van der Waals surface area contributed by atoms with E-state index in [-0.39, 0.29) is 5.69 Å². The molecule has 1 aromatic carbocycles. The van der Waals surface area contributed by atoms with Crippen molar-refractivity contribution in [3.63, 3.8) is 0 Å². The van der Waals surface area contributed by atoms with Gasteiger partial charge in [0.1, 0.15) is 5.69 Å². The van der Waals surface area contributed by atoms with E-state index in [0.29, 0.717) is 0 Å². The molecule has 0 saturated carbocycles. The second kappa shape index (κ2) is 7.21.